The molecule has 0 saturated carbocycles. The lowest BCUT2D eigenvalue weighted by Crippen LogP contribution is -2.58. The zero-order valence-electron chi connectivity index (χ0n) is 17.8. The van der Waals surface area contributed by atoms with Gasteiger partial charge in [-0.3, -0.25) is 23.9 Å². The highest BCUT2D eigenvalue weighted by Gasteiger charge is 2.43. The molecule has 2 fully saturated rings. The first kappa shape index (κ1) is 24.3. The van der Waals surface area contributed by atoms with Crippen LogP contribution in [0.15, 0.2) is 12.7 Å². The van der Waals surface area contributed by atoms with E-state index >= 15 is 0 Å². The van der Waals surface area contributed by atoms with Gasteiger partial charge < -0.3 is 25.4 Å². The van der Waals surface area contributed by atoms with Gasteiger partial charge in [0.1, 0.15) is 18.3 Å². The van der Waals surface area contributed by atoms with Gasteiger partial charge >= 0.3 is 0 Å². The van der Waals surface area contributed by atoms with Crippen molar-refractivity contribution in [2.75, 3.05) is 26.7 Å². The smallest absolute Gasteiger partial charge is 0.290 e. The summed E-state index contributed by atoms with van der Waals surface area (Å²) in [5.74, 6) is -0.300. The van der Waals surface area contributed by atoms with Crippen LogP contribution in [-0.4, -0.2) is 87.4 Å². The molecule has 2 unspecified atom stereocenters. The lowest BCUT2D eigenvalue weighted by Gasteiger charge is -2.41. The van der Waals surface area contributed by atoms with Gasteiger partial charge in [-0.25, -0.2) is 4.98 Å². The Bertz CT molecular complexity index is 737. The third-order valence-corrected chi connectivity index (χ3v) is 5.61. The van der Waals surface area contributed by atoms with E-state index in [1.54, 1.807) is 15.9 Å². The molecular formula is C19H30N6O6. The van der Waals surface area contributed by atoms with Gasteiger partial charge in [0.15, 0.2) is 0 Å². The van der Waals surface area contributed by atoms with E-state index < -0.39 is 5.60 Å². The molecule has 3 N–H and O–H groups in total. The monoisotopic (exact) mass is 438 g/mol. The summed E-state index contributed by atoms with van der Waals surface area (Å²) in [5, 5.41) is 16.7. The lowest BCUT2D eigenvalue weighted by atomic mass is 9.88. The van der Waals surface area contributed by atoms with Crippen LogP contribution in [0, 0.1) is 5.92 Å². The molecule has 0 spiro atoms. The molecule has 2 aliphatic rings. The zero-order valence-corrected chi connectivity index (χ0v) is 17.8. The van der Waals surface area contributed by atoms with Gasteiger partial charge in [0.25, 0.3) is 12.4 Å². The van der Waals surface area contributed by atoms with E-state index in [0.717, 1.165) is 0 Å². The fourth-order valence-electron chi connectivity index (χ4n) is 3.82. The third-order valence-electron chi connectivity index (χ3n) is 5.61. The van der Waals surface area contributed by atoms with Crippen molar-refractivity contribution in [2.24, 2.45) is 5.92 Å². The van der Waals surface area contributed by atoms with Crippen molar-refractivity contribution < 1.29 is 29.0 Å². The Morgan fingerprint density at radius 2 is 2.13 bits per heavy atom. The average molecular weight is 438 g/mol. The lowest BCUT2D eigenvalue weighted by molar-refractivity contribution is -0.156. The molecule has 2 aliphatic heterocycles. The maximum Gasteiger partial charge on any atom is 0.290 e. The second kappa shape index (κ2) is 11.4. The first-order valence-corrected chi connectivity index (χ1v) is 10.2. The van der Waals surface area contributed by atoms with Gasteiger partial charge in [-0.05, 0) is 13.3 Å². The minimum Gasteiger partial charge on any atom is -0.483 e. The number of amides is 3. The van der Waals surface area contributed by atoms with Crippen molar-refractivity contribution >= 4 is 24.2 Å². The molecule has 172 valence electrons. The van der Waals surface area contributed by atoms with Crippen molar-refractivity contribution in [3.63, 3.8) is 0 Å². The Kier molecular flexibility index (Phi) is 8.91. The molecule has 1 aromatic heterocycles. The third kappa shape index (κ3) is 6.48. The largest absolute Gasteiger partial charge is 0.483 e. The van der Waals surface area contributed by atoms with Crippen LogP contribution in [0.5, 0.6) is 0 Å². The molecule has 0 bridgehead atoms. The summed E-state index contributed by atoms with van der Waals surface area (Å²) in [6, 6.07) is -0.133. The molecule has 12 heteroatoms. The molecule has 0 radical (unpaired) electrons. The van der Waals surface area contributed by atoms with Crippen molar-refractivity contribution in [3.05, 3.63) is 12.7 Å². The molecule has 12 nitrogen and oxygen atoms in total. The summed E-state index contributed by atoms with van der Waals surface area (Å²) in [6.07, 6.45) is 4.91. The second-order valence-corrected chi connectivity index (χ2v) is 7.66. The van der Waals surface area contributed by atoms with E-state index in [1.165, 1.54) is 13.4 Å². The molecule has 0 aliphatic carbocycles. The Morgan fingerprint density at radius 1 is 1.45 bits per heavy atom. The van der Waals surface area contributed by atoms with Crippen molar-refractivity contribution in [1.82, 2.24) is 30.3 Å². The summed E-state index contributed by atoms with van der Waals surface area (Å²) in [4.78, 5) is 50.9. The standard InChI is InChI=1S/C18H28N6O4.CH2O2/c1-13(10-24-12-19-11-21-24)22-17(27)18(28-2)5-7-23(8-6-18)16(26)14-3-4-15(25)20-9-14;2-1-3/h11-14H,3-10H2,1-2H3,(H,20,25)(H,22,27);1H,(H,2,3). The molecular weight excluding hydrogens is 408 g/mol. The Labute approximate surface area is 180 Å². The fraction of sp³-hybridized carbons (Fsp3) is 0.684. The number of aromatic nitrogens is 3. The van der Waals surface area contributed by atoms with E-state index in [2.05, 4.69) is 20.7 Å². The van der Waals surface area contributed by atoms with Gasteiger partial charge in [0, 0.05) is 52.0 Å². The van der Waals surface area contributed by atoms with E-state index in [4.69, 9.17) is 14.6 Å². The second-order valence-electron chi connectivity index (χ2n) is 7.66. The average Bonchev–Trinajstić information content (AvgIpc) is 3.27. The van der Waals surface area contributed by atoms with Gasteiger partial charge in [-0.2, -0.15) is 5.10 Å². The van der Waals surface area contributed by atoms with Gasteiger partial charge in [-0.1, -0.05) is 0 Å². The van der Waals surface area contributed by atoms with E-state index in [9.17, 15) is 14.4 Å². The summed E-state index contributed by atoms with van der Waals surface area (Å²) >= 11 is 0. The molecule has 0 aromatic carbocycles. The van der Waals surface area contributed by atoms with E-state index in [0.29, 0.717) is 51.9 Å². The van der Waals surface area contributed by atoms with Crippen LogP contribution in [0.25, 0.3) is 0 Å². The van der Waals surface area contributed by atoms with E-state index in [1.807, 2.05) is 6.92 Å². The minimum absolute atomic E-state index is 0.00206. The Morgan fingerprint density at radius 3 is 2.65 bits per heavy atom. The first-order chi connectivity index (χ1) is 14.8. The highest BCUT2D eigenvalue weighted by atomic mass is 16.5. The van der Waals surface area contributed by atoms with Crippen LogP contribution in [0.2, 0.25) is 0 Å². The first-order valence-electron chi connectivity index (χ1n) is 10.2. The van der Waals surface area contributed by atoms with Crippen molar-refractivity contribution in [1.29, 1.82) is 0 Å². The highest BCUT2D eigenvalue weighted by Crippen LogP contribution is 2.28. The van der Waals surface area contributed by atoms with E-state index in [-0.39, 0.29) is 36.2 Å². The number of hydrogen-bond donors (Lipinski definition) is 3. The number of nitrogens with one attached hydrogen (secondary N) is 2. The maximum atomic E-state index is 12.9. The predicted molar refractivity (Wildman–Crippen MR) is 108 cm³/mol. The summed E-state index contributed by atoms with van der Waals surface area (Å²) in [7, 11) is 1.54. The molecule has 31 heavy (non-hydrogen) atoms. The molecule has 3 heterocycles. The topological polar surface area (TPSA) is 156 Å². The SMILES string of the molecule is COC1(C(=O)NC(C)Cn2cncn2)CCN(C(=O)C2CCC(=O)NC2)CC1.O=CO. The molecule has 2 saturated heterocycles. The van der Waals surface area contributed by atoms with Crippen LogP contribution < -0.4 is 10.6 Å². The minimum atomic E-state index is -0.936. The zero-order chi connectivity index (χ0) is 22.9. The van der Waals surface area contributed by atoms with Gasteiger partial charge in [-0.15, -0.1) is 0 Å². The van der Waals surface area contributed by atoms with Gasteiger partial charge in [0.2, 0.25) is 11.8 Å². The summed E-state index contributed by atoms with van der Waals surface area (Å²) in [6.45, 7) is 3.48. The molecule has 3 rings (SSSR count). The molecule has 1 aromatic rings. The summed E-state index contributed by atoms with van der Waals surface area (Å²) < 4.78 is 7.28. The van der Waals surface area contributed by atoms with Crippen molar-refractivity contribution in [2.45, 2.75) is 50.8 Å². The van der Waals surface area contributed by atoms with Crippen molar-refractivity contribution in [3.8, 4) is 0 Å². The van der Waals surface area contributed by atoms with Crippen LogP contribution in [0.4, 0.5) is 0 Å². The Hall–Kier alpha value is -3.02. The molecule has 3 amide bonds. The number of likely N-dealkylation sites (tertiary alicyclic amines) is 1. The normalized spacial score (nSPS) is 21.2. The summed E-state index contributed by atoms with van der Waals surface area (Å²) in [5.41, 5.74) is -0.936. The number of nitrogens with zero attached hydrogens (tertiary/aromatic N) is 4. The van der Waals surface area contributed by atoms with Crippen LogP contribution in [0.1, 0.15) is 32.6 Å². The predicted octanol–water partition coefficient (Wildman–Crippen LogP) is -0.983. The maximum absolute atomic E-state index is 12.9. The van der Waals surface area contributed by atoms with Gasteiger partial charge in [0.05, 0.1) is 12.5 Å². The Balaban J connectivity index is 0.00000107. The quantitative estimate of drug-likeness (QED) is 0.479. The number of ether oxygens (including phenoxy) is 1. The van der Waals surface area contributed by atoms with Crippen LogP contribution in [0.3, 0.4) is 0 Å². The number of hydrogen-bond acceptors (Lipinski definition) is 7. The fourth-order valence-corrected chi connectivity index (χ4v) is 3.82. The number of methoxy groups -OCH3 is 1. The number of carbonyl (C=O) groups is 4. The highest BCUT2D eigenvalue weighted by molar-refractivity contribution is 5.87. The van der Waals surface area contributed by atoms with Crippen LogP contribution >= 0.6 is 0 Å². The number of carbonyl (C=O) groups excluding carboxylic acids is 3. The molecule has 2 atom stereocenters. The number of rotatable bonds is 6. The number of piperidine rings is 2. The number of carboxylic acid groups (broad SMARTS) is 1. The van der Waals surface area contributed by atoms with Crippen LogP contribution in [-0.2, 0) is 30.5 Å².